The van der Waals surface area contributed by atoms with Gasteiger partial charge in [-0.2, -0.15) is 0 Å². The van der Waals surface area contributed by atoms with Crippen LogP contribution in [0, 0.1) is 0 Å². The first kappa shape index (κ1) is 35.7. The number of carbonyl (C=O) groups excluding carboxylic acids is 1. The van der Waals surface area contributed by atoms with Crippen LogP contribution in [0.3, 0.4) is 0 Å². The summed E-state index contributed by atoms with van der Waals surface area (Å²) < 4.78 is 6.21. The van der Waals surface area contributed by atoms with Crippen LogP contribution in [0.2, 0.25) is 10.0 Å². The Morgan fingerprint density at radius 2 is 1.61 bits per heavy atom. The number of ether oxygens (including phenoxy) is 1. The molecule has 248 valence electrons. The molecule has 10 heteroatoms. The zero-order valence-corrected chi connectivity index (χ0v) is 29.4. The van der Waals surface area contributed by atoms with E-state index in [1.54, 1.807) is 23.0 Å². The number of amides is 2. The van der Waals surface area contributed by atoms with Crippen molar-refractivity contribution in [2.45, 2.75) is 83.4 Å². The maximum Gasteiger partial charge on any atom is 0.326 e. The fraction of sp³-hybridized carbons (Fsp3) is 0.472. The van der Waals surface area contributed by atoms with Crippen LogP contribution in [0.1, 0.15) is 83.2 Å². The van der Waals surface area contributed by atoms with Gasteiger partial charge in [-0.1, -0.05) is 68.2 Å². The highest BCUT2D eigenvalue weighted by Crippen LogP contribution is 2.54. The molecule has 0 saturated carbocycles. The predicted molar refractivity (Wildman–Crippen MR) is 185 cm³/mol. The molecule has 0 fully saturated rings. The van der Waals surface area contributed by atoms with E-state index in [1.807, 2.05) is 75.4 Å². The van der Waals surface area contributed by atoms with Crippen molar-refractivity contribution < 1.29 is 19.7 Å². The molecule has 2 heterocycles. The predicted octanol–water partition coefficient (Wildman–Crippen LogP) is 7.55. The highest BCUT2D eigenvalue weighted by molar-refractivity contribution is 6.30. The number of halogens is 2. The van der Waals surface area contributed by atoms with Crippen molar-refractivity contribution in [3.05, 3.63) is 93.2 Å². The van der Waals surface area contributed by atoms with E-state index in [-0.39, 0.29) is 18.1 Å². The summed E-state index contributed by atoms with van der Waals surface area (Å²) >= 11 is 12.7. The summed E-state index contributed by atoms with van der Waals surface area (Å²) in [4.78, 5) is 28.5. The molecule has 1 aromatic heterocycles. The zero-order chi connectivity index (χ0) is 33.9. The molecule has 0 aliphatic carbocycles. The first-order valence-electron chi connectivity index (χ1n) is 15.8. The van der Waals surface area contributed by atoms with Crippen LogP contribution < -0.4 is 4.74 Å². The van der Waals surface area contributed by atoms with E-state index in [2.05, 4.69) is 20.8 Å². The number of nitrogens with zero attached hydrogens (tertiary/aromatic N) is 4. The lowest BCUT2D eigenvalue weighted by Gasteiger charge is -2.46. The largest absolute Gasteiger partial charge is 0.493 e. The third-order valence-electron chi connectivity index (χ3n) is 8.93. The number of aliphatic hydroxyl groups excluding tert-OH is 2. The summed E-state index contributed by atoms with van der Waals surface area (Å²) in [5.74, 6) is 1.04. The molecule has 0 bridgehead atoms. The molecular formula is C36H46Cl2N4O4. The van der Waals surface area contributed by atoms with Gasteiger partial charge in [-0.05, 0) is 75.4 Å². The van der Waals surface area contributed by atoms with Gasteiger partial charge >= 0.3 is 6.03 Å². The number of benzene rings is 2. The Balaban J connectivity index is 1.95. The van der Waals surface area contributed by atoms with Crippen molar-refractivity contribution in [1.82, 2.24) is 14.8 Å². The number of aliphatic hydroxyl groups is 2. The Bertz CT molecular complexity index is 1540. The van der Waals surface area contributed by atoms with Gasteiger partial charge in [0.05, 0.1) is 24.9 Å². The Morgan fingerprint density at radius 1 is 1.02 bits per heavy atom. The van der Waals surface area contributed by atoms with Gasteiger partial charge in [-0.15, -0.1) is 0 Å². The molecule has 2 N–H and O–H groups in total. The average molecular weight is 670 g/mol. The molecule has 2 aromatic carbocycles. The van der Waals surface area contributed by atoms with Crippen molar-refractivity contribution in [3.63, 3.8) is 0 Å². The number of hydrogen-bond acceptors (Lipinski definition) is 6. The zero-order valence-electron chi connectivity index (χ0n) is 27.8. The van der Waals surface area contributed by atoms with Gasteiger partial charge in [-0.25, -0.2) is 4.79 Å². The van der Waals surface area contributed by atoms with Crippen LogP contribution in [0.15, 0.2) is 65.8 Å². The second kappa shape index (κ2) is 14.3. The summed E-state index contributed by atoms with van der Waals surface area (Å²) in [6, 6.07) is 16.8. The topological polar surface area (TPSA) is 98.5 Å². The smallest absolute Gasteiger partial charge is 0.326 e. The second-order valence-corrected chi connectivity index (χ2v) is 14.1. The monoisotopic (exact) mass is 668 g/mol. The van der Waals surface area contributed by atoms with Gasteiger partial charge in [0.15, 0.2) is 0 Å². The minimum absolute atomic E-state index is 0.225. The van der Waals surface area contributed by atoms with Gasteiger partial charge < -0.3 is 19.8 Å². The van der Waals surface area contributed by atoms with Crippen molar-refractivity contribution in [1.29, 1.82) is 0 Å². The molecule has 4 rings (SSSR count). The van der Waals surface area contributed by atoms with E-state index >= 15 is 0 Å². The number of unbranched alkanes of at least 4 members (excludes halogenated alkanes) is 1. The lowest BCUT2D eigenvalue weighted by Crippen LogP contribution is -2.57. The third kappa shape index (κ3) is 7.05. The van der Waals surface area contributed by atoms with E-state index in [0.717, 1.165) is 16.8 Å². The summed E-state index contributed by atoms with van der Waals surface area (Å²) in [7, 11) is 1.77. The average Bonchev–Trinajstić information content (AvgIpc) is 3.26. The Morgan fingerprint density at radius 3 is 2.15 bits per heavy atom. The van der Waals surface area contributed by atoms with E-state index in [9.17, 15) is 15.0 Å². The third-order valence-corrected chi connectivity index (χ3v) is 9.44. The minimum Gasteiger partial charge on any atom is -0.493 e. The molecule has 1 aliphatic rings. The second-order valence-electron chi connectivity index (χ2n) is 13.2. The molecule has 0 radical (unpaired) electrons. The minimum atomic E-state index is -1.04. The van der Waals surface area contributed by atoms with Crippen LogP contribution in [0.5, 0.6) is 5.75 Å². The number of pyridine rings is 1. The fourth-order valence-electron chi connectivity index (χ4n) is 5.94. The van der Waals surface area contributed by atoms with Crippen molar-refractivity contribution in [3.8, 4) is 5.75 Å². The number of rotatable bonds is 11. The Kier molecular flexibility index (Phi) is 11.1. The van der Waals surface area contributed by atoms with Gasteiger partial charge in [0.2, 0.25) is 0 Å². The van der Waals surface area contributed by atoms with Crippen LogP contribution in [-0.2, 0) is 16.5 Å². The van der Waals surface area contributed by atoms with Crippen LogP contribution in [-0.4, -0.2) is 69.8 Å². The standard InChI is InChI=1S/C36H46Cl2N4O4/c1-8-46-30-21-31(34(2,3)4)39-22-29(30)32-40-35(5,24-12-16-26(37)17-13-24)36(6,25-14-18-27(38)19-15-25)42(32)33(45)41(7)20-10-9-11-28(44)23-43/h12-19,21-22,28,43-44H,8-11,20,23H2,1-7H3. The molecule has 8 nitrogen and oxygen atoms in total. The molecular weight excluding hydrogens is 623 g/mol. The molecule has 0 saturated heterocycles. The summed E-state index contributed by atoms with van der Waals surface area (Å²) in [5.41, 5.74) is 0.953. The Hall–Kier alpha value is -3.17. The Labute approximate surface area is 283 Å². The number of urea groups is 1. The van der Waals surface area contributed by atoms with Gasteiger partial charge in [0, 0.05) is 47.0 Å². The lowest BCUT2D eigenvalue weighted by molar-refractivity contribution is 0.0849. The highest BCUT2D eigenvalue weighted by atomic mass is 35.5. The van der Waals surface area contributed by atoms with Gasteiger partial charge in [0.25, 0.3) is 0 Å². The normalized spacial score (nSPS) is 20.4. The number of hydrogen-bond donors (Lipinski definition) is 2. The lowest BCUT2D eigenvalue weighted by atomic mass is 9.71. The van der Waals surface area contributed by atoms with E-state index in [1.165, 1.54) is 0 Å². The number of aliphatic imine (C=N–C) groups is 1. The molecule has 3 unspecified atom stereocenters. The van der Waals surface area contributed by atoms with Gasteiger partial charge in [-0.3, -0.25) is 14.9 Å². The maximum atomic E-state index is 14.8. The van der Waals surface area contributed by atoms with Crippen molar-refractivity contribution >= 4 is 35.1 Å². The van der Waals surface area contributed by atoms with Crippen LogP contribution in [0.25, 0.3) is 0 Å². The summed E-state index contributed by atoms with van der Waals surface area (Å²) in [6.45, 7) is 12.9. The van der Waals surface area contributed by atoms with E-state index in [0.29, 0.717) is 59.6 Å². The quantitative estimate of drug-likeness (QED) is 0.206. The molecule has 1 aliphatic heterocycles. The fourth-order valence-corrected chi connectivity index (χ4v) is 6.20. The highest BCUT2D eigenvalue weighted by Gasteiger charge is 2.60. The number of aromatic nitrogens is 1. The summed E-state index contributed by atoms with van der Waals surface area (Å²) in [6.07, 6.45) is 2.75. The summed E-state index contributed by atoms with van der Waals surface area (Å²) in [5, 5.41) is 20.2. The first-order valence-corrected chi connectivity index (χ1v) is 16.5. The number of carbonyl (C=O) groups is 1. The van der Waals surface area contributed by atoms with Crippen molar-refractivity contribution in [2.24, 2.45) is 4.99 Å². The van der Waals surface area contributed by atoms with Crippen LogP contribution in [0.4, 0.5) is 4.79 Å². The molecule has 3 aromatic rings. The SMILES string of the molecule is CCOc1cc(C(C)(C)C)ncc1C1=NC(C)(c2ccc(Cl)cc2)C(C)(c2ccc(Cl)cc2)N1C(=O)N(C)CCCCC(O)CO. The van der Waals surface area contributed by atoms with E-state index in [4.69, 9.17) is 37.9 Å². The number of amidine groups is 1. The molecule has 2 amide bonds. The van der Waals surface area contributed by atoms with Gasteiger partial charge in [0.1, 0.15) is 22.7 Å². The maximum absolute atomic E-state index is 14.8. The van der Waals surface area contributed by atoms with E-state index < -0.39 is 17.2 Å². The van der Waals surface area contributed by atoms with Crippen molar-refractivity contribution in [2.75, 3.05) is 26.8 Å². The van der Waals surface area contributed by atoms with Crippen LogP contribution >= 0.6 is 23.2 Å². The molecule has 46 heavy (non-hydrogen) atoms. The first-order chi connectivity index (χ1) is 21.7. The molecule has 0 spiro atoms. The molecule has 3 atom stereocenters.